The molecule has 0 atom stereocenters. The minimum atomic E-state index is -0.936. The van der Waals surface area contributed by atoms with Crippen LogP contribution in [0.3, 0.4) is 0 Å². The van der Waals surface area contributed by atoms with E-state index in [1.165, 1.54) is 77.0 Å². The van der Waals surface area contributed by atoms with Crippen molar-refractivity contribution in [3.05, 3.63) is 0 Å². The molecule has 0 amide bonds. The van der Waals surface area contributed by atoms with Crippen LogP contribution in [0.2, 0.25) is 0 Å². The van der Waals surface area contributed by atoms with Gasteiger partial charge in [0.15, 0.2) is 0 Å². The summed E-state index contributed by atoms with van der Waals surface area (Å²) in [4.78, 5) is 0. The van der Waals surface area contributed by atoms with E-state index in [-0.39, 0.29) is 0 Å². The van der Waals surface area contributed by atoms with Gasteiger partial charge in [-0.25, -0.2) is 0 Å². The summed E-state index contributed by atoms with van der Waals surface area (Å²) in [5.41, 5.74) is 2.52. The predicted molar refractivity (Wildman–Crippen MR) is 143 cm³/mol. The molecule has 0 saturated heterocycles. The van der Waals surface area contributed by atoms with Crippen molar-refractivity contribution < 1.29 is 0 Å². The number of rotatable bonds is 7. The molecule has 4 heteroatoms. The summed E-state index contributed by atoms with van der Waals surface area (Å²) < 4.78 is 0. The van der Waals surface area contributed by atoms with Gasteiger partial charge in [0.1, 0.15) is 0 Å². The second-order valence-electron chi connectivity index (χ2n) is 11.3. The van der Waals surface area contributed by atoms with E-state index in [0.29, 0.717) is 0 Å². The van der Waals surface area contributed by atoms with Crippen molar-refractivity contribution in [2.24, 2.45) is 0 Å². The zero-order chi connectivity index (χ0) is 20.9. The zero-order valence-corrected chi connectivity index (χ0v) is 24.8. The Kier molecular flexibility index (Phi) is 10.0. The van der Waals surface area contributed by atoms with E-state index in [9.17, 15) is 0 Å². The molecule has 0 unspecified atom stereocenters. The first-order valence-corrected chi connectivity index (χ1v) is 22.5. The van der Waals surface area contributed by atoms with Crippen molar-refractivity contribution in [3.63, 3.8) is 0 Å². The second kappa shape index (κ2) is 12.0. The van der Waals surface area contributed by atoms with Gasteiger partial charge >= 0.3 is 205 Å². The Labute approximate surface area is 203 Å². The molecular formula is C26H48P2Se2. The van der Waals surface area contributed by atoms with Gasteiger partial charge in [-0.3, -0.25) is 0 Å². The zero-order valence-electron chi connectivity index (χ0n) is 19.6. The van der Waals surface area contributed by atoms with Crippen molar-refractivity contribution in [2.45, 2.75) is 151 Å². The van der Waals surface area contributed by atoms with Crippen molar-refractivity contribution in [1.82, 2.24) is 0 Å². The molecule has 0 aromatic rings. The van der Waals surface area contributed by atoms with Crippen LogP contribution in [0, 0.1) is 0 Å². The van der Waals surface area contributed by atoms with Gasteiger partial charge in [0.05, 0.1) is 0 Å². The van der Waals surface area contributed by atoms with Crippen molar-refractivity contribution in [3.8, 4) is 0 Å². The van der Waals surface area contributed by atoms with Crippen LogP contribution in [0.25, 0.3) is 0 Å². The molecule has 0 aromatic heterocycles. The van der Waals surface area contributed by atoms with Gasteiger partial charge in [-0.05, 0) is 0 Å². The van der Waals surface area contributed by atoms with E-state index >= 15 is 0 Å². The fraction of sp³-hybridized carbons (Fsp3) is 1.00. The van der Waals surface area contributed by atoms with Crippen LogP contribution in [-0.2, 0) is 0 Å². The van der Waals surface area contributed by atoms with E-state index in [1.54, 1.807) is 63.7 Å². The fourth-order valence-corrected chi connectivity index (χ4v) is 26.2. The van der Waals surface area contributed by atoms with Gasteiger partial charge in [-0.2, -0.15) is 0 Å². The van der Waals surface area contributed by atoms with Crippen molar-refractivity contribution in [1.29, 1.82) is 0 Å². The Morgan fingerprint density at radius 2 is 0.567 bits per heavy atom. The first-order valence-electron chi connectivity index (χ1n) is 13.8. The number of hydrogen-bond donors (Lipinski definition) is 0. The summed E-state index contributed by atoms with van der Waals surface area (Å²) in [5.74, 6) is 0. The third kappa shape index (κ3) is 5.93. The molecule has 0 spiro atoms. The molecule has 4 saturated carbocycles. The molecule has 0 radical (unpaired) electrons. The first kappa shape index (κ1) is 25.0. The van der Waals surface area contributed by atoms with Crippen LogP contribution in [-0.4, -0.2) is 65.2 Å². The van der Waals surface area contributed by atoms with Crippen LogP contribution >= 0.6 is 11.0 Å². The molecule has 4 aliphatic rings. The van der Waals surface area contributed by atoms with E-state index in [4.69, 9.17) is 0 Å². The summed E-state index contributed by atoms with van der Waals surface area (Å²) in [6.07, 6.45) is 34.2. The monoisotopic (exact) mass is 582 g/mol. The Hall–Kier alpha value is 1.90. The maximum atomic E-state index is 4.12. The average molecular weight is 581 g/mol. The molecule has 0 bridgehead atoms. The SMILES string of the molecule is [Se]=P(CCP(=[Se])(C1CCCCC1)C1CCCCC1)(C1CCCCC1)C1CCCCC1. The van der Waals surface area contributed by atoms with E-state index < -0.39 is 11.0 Å². The van der Waals surface area contributed by atoms with Gasteiger partial charge in [0.2, 0.25) is 0 Å². The van der Waals surface area contributed by atoms with Crippen LogP contribution < -0.4 is 0 Å². The number of hydrogen-bond acceptors (Lipinski definition) is 0. The molecule has 0 nitrogen and oxygen atoms in total. The fourth-order valence-electron chi connectivity index (χ4n) is 7.71. The van der Waals surface area contributed by atoms with E-state index in [2.05, 4.69) is 30.2 Å². The quantitative estimate of drug-likeness (QED) is 0.209. The van der Waals surface area contributed by atoms with Gasteiger partial charge in [0, 0.05) is 0 Å². The first-order chi connectivity index (χ1) is 14.6. The summed E-state index contributed by atoms with van der Waals surface area (Å²) in [6.45, 7) is 0. The second-order valence-corrected chi connectivity index (χ2v) is 27.1. The Morgan fingerprint density at radius 3 is 0.767 bits per heavy atom. The van der Waals surface area contributed by atoms with Gasteiger partial charge < -0.3 is 0 Å². The molecule has 4 fully saturated rings. The average Bonchev–Trinajstić information content (AvgIpc) is 2.84. The van der Waals surface area contributed by atoms with Crippen molar-refractivity contribution >= 4 is 41.2 Å². The summed E-state index contributed by atoms with van der Waals surface area (Å²) >= 11 is 8.25. The molecule has 30 heavy (non-hydrogen) atoms. The minimum absolute atomic E-state index is 0.936. The normalized spacial score (nSPS) is 27.3. The standard InChI is InChI=1S/C26H48P2Se2/c29-27(23-13-5-1-6-14-23,24-15-7-2-8-16-24)21-22-28(30,25-17-9-3-10-18-25)26-19-11-4-12-20-26/h23-26H,1-22H2. The Bertz CT molecular complexity index is 509. The van der Waals surface area contributed by atoms with Gasteiger partial charge in [0.25, 0.3) is 0 Å². The van der Waals surface area contributed by atoms with E-state index in [0.717, 1.165) is 22.6 Å². The van der Waals surface area contributed by atoms with E-state index in [1.807, 2.05) is 0 Å². The van der Waals surface area contributed by atoms with Crippen LogP contribution in [0.1, 0.15) is 128 Å². The molecule has 0 heterocycles. The topological polar surface area (TPSA) is 0 Å². The Morgan fingerprint density at radius 1 is 0.367 bits per heavy atom. The Balaban J connectivity index is 1.54. The van der Waals surface area contributed by atoms with Gasteiger partial charge in [-0.15, -0.1) is 0 Å². The third-order valence-electron chi connectivity index (χ3n) is 9.57. The molecule has 0 N–H and O–H groups in total. The molecule has 0 aromatic carbocycles. The molecular weight excluding hydrogens is 532 g/mol. The van der Waals surface area contributed by atoms with Gasteiger partial charge in [-0.1, -0.05) is 0 Å². The summed E-state index contributed by atoms with van der Waals surface area (Å²) in [7, 11) is 0. The molecule has 0 aliphatic heterocycles. The molecule has 4 aliphatic carbocycles. The molecule has 4 rings (SSSR count). The van der Waals surface area contributed by atoms with Crippen LogP contribution in [0.4, 0.5) is 0 Å². The van der Waals surface area contributed by atoms with Crippen molar-refractivity contribution in [2.75, 3.05) is 12.3 Å². The van der Waals surface area contributed by atoms with Crippen LogP contribution in [0.15, 0.2) is 0 Å². The summed E-state index contributed by atoms with van der Waals surface area (Å²) in [6, 6.07) is 0. The molecule has 174 valence electrons. The maximum absolute atomic E-state index is 4.12. The summed E-state index contributed by atoms with van der Waals surface area (Å²) in [5, 5.41) is 0. The van der Waals surface area contributed by atoms with Crippen LogP contribution in [0.5, 0.6) is 0 Å². The predicted octanol–water partition coefficient (Wildman–Crippen LogP) is 8.52. The third-order valence-corrected chi connectivity index (χ3v) is 28.6.